The van der Waals surface area contributed by atoms with E-state index in [1.54, 1.807) is 42.4 Å². The van der Waals surface area contributed by atoms with Gasteiger partial charge in [0.1, 0.15) is 17.4 Å². The maximum absolute atomic E-state index is 13.1. The smallest absolute Gasteiger partial charge is 0.268 e. The van der Waals surface area contributed by atoms with Gasteiger partial charge in [0.25, 0.3) is 5.91 Å². The van der Waals surface area contributed by atoms with E-state index in [0.29, 0.717) is 54.0 Å². The van der Waals surface area contributed by atoms with E-state index in [0.717, 1.165) is 17.7 Å². The summed E-state index contributed by atoms with van der Waals surface area (Å²) in [4.78, 5) is 14.7. The highest BCUT2D eigenvalue weighted by Gasteiger charge is 2.26. The molecule has 6 nitrogen and oxygen atoms in total. The minimum Gasteiger partial charge on any atom is -0.493 e. The fourth-order valence-electron chi connectivity index (χ4n) is 3.88. The number of hydrogen-bond donors (Lipinski definition) is 0. The zero-order valence-corrected chi connectivity index (χ0v) is 20.1. The standard InChI is InChI=1S/C28H25ClN2O4/c1-33-27-18-20(11-12-26(27)35-16-6-15-34-25-10-5-3-8-23(25)29)17-22(19-30)28(32)31-14-13-21-7-2-4-9-24(21)31/h2-5,7-12,17-18H,6,13-16H2,1H3. The molecular weight excluding hydrogens is 464 g/mol. The SMILES string of the molecule is COc1cc(C=C(C#N)C(=O)N2CCc3ccccc32)ccc1OCCCOc1ccccc1Cl. The van der Waals surface area contributed by atoms with Crippen LogP contribution in [0.15, 0.2) is 72.3 Å². The highest BCUT2D eigenvalue weighted by atomic mass is 35.5. The average Bonchev–Trinajstić information content (AvgIpc) is 3.32. The van der Waals surface area contributed by atoms with E-state index in [2.05, 4.69) is 6.07 Å². The Morgan fingerprint density at radius 3 is 2.54 bits per heavy atom. The minimum absolute atomic E-state index is 0.0640. The van der Waals surface area contributed by atoms with Crippen molar-refractivity contribution in [1.82, 2.24) is 0 Å². The van der Waals surface area contributed by atoms with Crippen molar-refractivity contribution in [1.29, 1.82) is 5.26 Å². The average molecular weight is 489 g/mol. The van der Waals surface area contributed by atoms with Gasteiger partial charge in [-0.1, -0.05) is 48.0 Å². The molecular formula is C28H25ClN2O4. The lowest BCUT2D eigenvalue weighted by atomic mass is 10.1. The van der Waals surface area contributed by atoms with Crippen molar-refractivity contribution in [2.45, 2.75) is 12.8 Å². The maximum Gasteiger partial charge on any atom is 0.268 e. The normalized spacial score (nSPS) is 12.6. The molecule has 1 heterocycles. The van der Waals surface area contributed by atoms with Gasteiger partial charge in [-0.05, 0) is 54.0 Å². The number of benzene rings is 3. The van der Waals surface area contributed by atoms with Crippen molar-refractivity contribution in [3.8, 4) is 23.3 Å². The molecule has 1 amide bonds. The summed E-state index contributed by atoms with van der Waals surface area (Å²) in [5.41, 5.74) is 2.71. The Labute approximate surface area is 209 Å². The van der Waals surface area contributed by atoms with Crippen LogP contribution < -0.4 is 19.1 Å². The molecule has 0 spiro atoms. The Hall–Kier alpha value is -3.95. The number of anilines is 1. The number of amides is 1. The molecule has 178 valence electrons. The first-order chi connectivity index (χ1) is 17.1. The van der Waals surface area contributed by atoms with E-state index in [1.165, 1.54) is 0 Å². The van der Waals surface area contributed by atoms with Gasteiger partial charge in [0.2, 0.25) is 0 Å². The van der Waals surface area contributed by atoms with Gasteiger partial charge in [-0.2, -0.15) is 5.26 Å². The van der Waals surface area contributed by atoms with Crippen LogP contribution in [0.1, 0.15) is 17.5 Å². The molecule has 0 atom stereocenters. The van der Waals surface area contributed by atoms with Gasteiger partial charge in [-0.15, -0.1) is 0 Å². The van der Waals surface area contributed by atoms with E-state index in [9.17, 15) is 10.1 Å². The quantitative estimate of drug-likeness (QED) is 0.220. The number of nitrogens with zero attached hydrogens (tertiary/aromatic N) is 2. The fraction of sp³-hybridized carbons (Fsp3) is 0.214. The van der Waals surface area contributed by atoms with Crippen molar-refractivity contribution < 1.29 is 19.0 Å². The molecule has 3 aromatic carbocycles. The third-order valence-corrected chi connectivity index (χ3v) is 5.93. The van der Waals surface area contributed by atoms with Crippen LogP contribution in [0.4, 0.5) is 5.69 Å². The number of methoxy groups -OCH3 is 1. The van der Waals surface area contributed by atoms with Crippen LogP contribution in [-0.4, -0.2) is 32.8 Å². The second kappa shape index (κ2) is 11.5. The third kappa shape index (κ3) is 5.76. The van der Waals surface area contributed by atoms with Gasteiger partial charge in [0.05, 0.1) is 25.3 Å². The van der Waals surface area contributed by atoms with Crippen LogP contribution in [0.5, 0.6) is 17.2 Å². The fourth-order valence-corrected chi connectivity index (χ4v) is 4.07. The lowest BCUT2D eigenvalue weighted by Gasteiger charge is -2.16. The highest BCUT2D eigenvalue weighted by molar-refractivity contribution is 6.32. The number of carbonyl (C=O) groups is 1. The van der Waals surface area contributed by atoms with E-state index < -0.39 is 0 Å². The van der Waals surface area contributed by atoms with Crippen LogP contribution in [0.2, 0.25) is 5.02 Å². The van der Waals surface area contributed by atoms with E-state index in [4.69, 9.17) is 25.8 Å². The van der Waals surface area contributed by atoms with Gasteiger partial charge in [0.15, 0.2) is 11.5 Å². The Balaban J connectivity index is 1.38. The Morgan fingerprint density at radius 2 is 1.77 bits per heavy atom. The Bertz CT molecular complexity index is 1280. The van der Waals surface area contributed by atoms with Crippen molar-refractivity contribution in [3.63, 3.8) is 0 Å². The second-order valence-electron chi connectivity index (χ2n) is 7.90. The predicted octanol–water partition coefficient (Wildman–Crippen LogP) is 5.69. The van der Waals surface area contributed by atoms with E-state index in [-0.39, 0.29) is 11.5 Å². The summed E-state index contributed by atoms with van der Waals surface area (Å²) in [6.07, 6.45) is 3.01. The second-order valence-corrected chi connectivity index (χ2v) is 8.30. The van der Waals surface area contributed by atoms with Crippen LogP contribution in [0, 0.1) is 11.3 Å². The number of nitriles is 1. The zero-order chi connectivity index (χ0) is 24.6. The van der Waals surface area contributed by atoms with Crippen molar-refractivity contribution in [3.05, 3.63) is 88.5 Å². The van der Waals surface area contributed by atoms with Crippen molar-refractivity contribution in [2.24, 2.45) is 0 Å². The molecule has 0 N–H and O–H groups in total. The molecule has 1 aliphatic heterocycles. The first kappa shape index (κ1) is 24.2. The van der Waals surface area contributed by atoms with Crippen molar-refractivity contribution >= 4 is 29.3 Å². The zero-order valence-electron chi connectivity index (χ0n) is 19.4. The molecule has 0 fully saturated rings. The molecule has 0 radical (unpaired) electrons. The number of para-hydroxylation sites is 2. The third-order valence-electron chi connectivity index (χ3n) is 5.62. The molecule has 0 aromatic heterocycles. The van der Waals surface area contributed by atoms with Crippen LogP contribution >= 0.6 is 11.6 Å². The highest BCUT2D eigenvalue weighted by Crippen LogP contribution is 2.31. The Kier molecular flexibility index (Phi) is 7.92. The number of halogens is 1. The van der Waals surface area contributed by atoms with Gasteiger partial charge in [0, 0.05) is 18.7 Å². The number of fused-ring (bicyclic) bond motifs is 1. The largest absolute Gasteiger partial charge is 0.493 e. The van der Waals surface area contributed by atoms with E-state index in [1.807, 2.05) is 42.5 Å². The molecule has 1 aliphatic rings. The Morgan fingerprint density at radius 1 is 1.03 bits per heavy atom. The van der Waals surface area contributed by atoms with Gasteiger partial charge < -0.3 is 19.1 Å². The molecule has 7 heteroatoms. The van der Waals surface area contributed by atoms with Crippen LogP contribution in [0.3, 0.4) is 0 Å². The summed E-state index contributed by atoms with van der Waals surface area (Å²) in [7, 11) is 1.55. The lowest BCUT2D eigenvalue weighted by molar-refractivity contribution is -0.114. The molecule has 0 bridgehead atoms. The molecule has 3 aromatic rings. The molecule has 0 aliphatic carbocycles. The first-order valence-corrected chi connectivity index (χ1v) is 11.7. The van der Waals surface area contributed by atoms with Gasteiger partial charge in [-0.3, -0.25) is 4.79 Å². The van der Waals surface area contributed by atoms with Crippen LogP contribution in [-0.2, 0) is 11.2 Å². The van der Waals surface area contributed by atoms with Crippen molar-refractivity contribution in [2.75, 3.05) is 31.8 Å². The summed E-state index contributed by atoms with van der Waals surface area (Å²) in [5, 5.41) is 10.2. The summed E-state index contributed by atoms with van der Waals surface area (Å²) < 4.78 is 17.0. The molecule has 0 unspecified atom stereocenters. The monoisotopic (exact) mass is 488 g/mol. The molecule has 4 rings (SSSR count). The number of hydrogen-bond acceptors (Lipinski definition) is 5. The topological polar surface area (TPSA) is 71.8 Å². The maximum atomic E-state index is 13.1. The first-order valence-electron chi connectivity index (χ1n) is 11.3. The summed E-state index contributed by atoms with van der Waals surface area (Å²) in [6.45, 7) is 1.44. The summed E-state index contributed by atoms with van der Waals surface area (Å²) in [6, 6.07) is 22.4. The minimum atomic E-state index is -0.310. The number of rotatable bonds is 9. The number of carbonyl (C=O) groups excluding carboxylic acids is 1. The molecule has 0 saturated carbocycles. The number of ether oxygens (including phenoxy) is 3. The van der Waals surface area contributed by atoms with Crippen LogP contribution in [0.25, 0.3) is 6.08 Å². The van der Waals surface area contributed by atoms with Gasteiger partial charge >= 0.3 is 0 Å². The summed E-state index contributed by atoms with van der Waals surface area (Å²) >= 11 is 6.09. The summed E-state index contributed by atoms with van der Waals surface area (Å²) in [5.74, 6) is 1.42. The molecule has 35 heavy (non-hydrogen) atoms. The van der Waals surface area contributed by atoms with E-state index >= 15 is 0 Å². The molecule has 0 saturated heterocycles. The predicted molar refractivity (Wildman–Crippen MR) is 136 cm³/mol. The lowest BCUT2D eigenvalue weighted by Crippen LogP contribution is -2.29. The van der Waals surface area contributed by atoms with Gasteiger partial charge in [-0.25, -0.2) is 0 Å².